The molecule has 2 unspecified atom stereocenters. The fourth-order valence-corrected chi connectivity index (χ4v) is 1.10. The number of hydrogen-bond acceptors (Lipinski definition) is 5. The van der Waals surface area contributed by atoms with E-state index in [4.69, 9.17) is 15.2 Å². The molecule has 0 aromatic carbocycles. The van der Waals surface area contributed by atoms with Crippen LogP contribution in [-0.4, -0.2) is 29.7 Å². The fraction of sp³-hybridized carbons (Fsp3) is 0.778. The van der Waals surface area contributed by atoms with Gasteiger partial charge in [-0.15, -0.1) is 0 Å². The lowest BCUT2D eigenvalue weighted by Crippen LogP contribution is -2.45. The van der Waals surface area contributed by atoms with Gasteiger partial charge in [0.15, 0.2) is 0 Å². The third kappa shape index (κ3) is 2.45. The van der Waals surface area contributed by atoms with Gasteiger partial charge in [-0.3, -0.25) is 4.79 Å². The van der Waals surface area contributed by atoms with Crippen LogP contribution in [0.15, 0.2) is 0 Å². The molecule has 1 rings (SSSR count). The van der Waals surface area contributed by atoms with Crippen LogP contribution in [0.5, 0.6) is 0 Å². The summed E-state index contributed by atoms with van der Waals surface area (Å²) < 4.78 is 9.75. The minimum atomic E-state index is -1.08. The van der Waals surface area contributed by atoms with E-state index in [1.807, 2.05) is 0 Å². The second kappa shape index (κ2) is 3.57. The SMILES string of the molecule is CC1CC(OC(=O)C(C)(C)N)C(=O)O1. The monoisotopic (exact) mass is 201 g/mol. The average molecular weight is 201 g/mol. The number of cyclic esters (lactones) is 1. The second-order valence-electron chi connectivity index (χ2n) is 4.10. The van der Waals surface area contributed by atoms with Crippen LogP contribution in [-0.2, 0) is 19.1 Å². The third-order valence-corrected chi connectivity index (χ3v) is 1.90. The maximum absolute atomic E-state index is 11.3. The van der Waals surface area contributed by atoms with Gasteiger partial charge in [0, 0.05) is 6.42 Å². The van der Waals surface area contributed by atoms with Crippen LogP contribution in [0.3, 0.4) is 0 Å². The van der Waals surface area contributed by atoms with Crippen molar-refractivity contribution in [1.29, 1.82) is 0 Å². The summed E-state index contributed by atoms with van der Waals surface area (Å²) in [6.45, 7) is 4.80. The summed E-state index contributed by atoms with van der Waals surface area (Å²) in [5.41, 5.74) is 4.43. The van der Waals surface area contributed by atoms with Crippen molar-refractivity contribution in [1.82, 2.24) is 0 Å². The first kappa shape index (κ1) is 11.0. The first-order valence-electron chi connectivity index (χ1n) is 4.51. The van der Waals surface area contributed by atoms with E-state index in [9.17, 15) is 9.59 Å². The van der Waals surface area contributed by atoms with Gasteiger partial charge in [-0.1, -0.05) is 0 Å². The average Bonchev–Trinajstić information content (AvgIpc) is 2.28. The number of esters is 2. The Morgan fingerprint density at radius 2 is 2.21 bits per heavy atom. The summed E-state index contributed by atoms with van der Waals surface area (Å²) in [5, 5.41) is 0. The second-order valence-corrected chi connectivity index (χ2v) is 4.10. The topological polar surface area (TPSA) is 78.6 Å². The van der Waals surface area contributed by atoms with Gasteiger partial charge in [-0.2, -0.15) is 0 Å². The van der Waals surface area contributed by atoms with E-state index in [0.29, 0.717) is 6.42 Å². The van der Waals surface area contributed by atoms with Crippen molar-refractivity contribution >= 4 is 11.9 Å². The van der Waals surface area contributed by atoms with Crippen molar-refractivity contribution in [3.8, 4) is 0 Å². The molecule has 0 bridgehead atoms. The van der Waals surface area contributed by atoms with E-state index >= 15 is 0 Å². The van der Waals surface area contributed by atoms with Crippen LogP contribution in [0, 0.1) is 0 Å². The molecule has 0 aromatic rings. The molecule has 1 aliphatic heterocycles. The molecule has 14 heavy (non-hydrogen) atoms. The molecule has 5 heteroatoms. The summed E-state index contributed by atoms with van der Waals surface area (Å²) in [5.74, 6) is -1.08. The summed E-state index contributed by atoms with van der Waals surface area (Å²) in [6, 6.07) is 0. The Labute approximate surface area is 82.5 Å². The highest BCUT2D eigenvalue weighted by Gasteiger charge is 2.37. The van der Waals surface area contributed by atoms with Crippen LogP contribution < -0.4 is 5.73 Å². The van der Waals surface area contributed by atoms with Crippen LogP contribution >= 0.6 is 0 Å². The number of ether oxygens (including phenoxy) is 2. The normalized spacial score (nSPS) is 27.3. The number of nitrogens with two attached hydrogens (primary N) is 1. The zero-order valence-electron chi connectivity index (χ0n) is 8.57. The summed E-state index contributed by atoms with van der Waals surface area (Å²) >= 11 is 0. The van der Waals surface area contributed by atoms with Gasteiger partial charge in [0.1, 0.15) is 11.6 Å². The quantitative estimate of drug-likeness (QED) is 0.635. The van der Waals surface area contributed by atoms with Crippen molar-refractivity contribution in [3.05, 3.63) is 0 Å². The zero-order chi connectivity index (χ0) is 10.9. The van der Waals surface area contributed by atoms with Crippen molar-refractivity contribution in [2.45, 2.75) is 44.9 Å². The molecule has 0 saturated carbocycles. The van der Waals surface area contributed by atoms with Crippen molar-refractivity contribution in [2.24, 2.45) is 5.73 Å². The van der Waals surface area contributed by atoms with E-state index in [1.165, 1.54) is 13.8 Å². The molecule has 0 radical (unpaired) electrons. The highest BCUT2D eigenvalue weighted by molar-refractivity contribution is 5.84. The lowest BCUT2D eigenvalue weighted by atomic mass is 10.1. The predicted octanol–water partition coefficient (Wildman–Crippen LogP) is -0.0291. The highest BCUT2D eigenvalue weighted by atomic mass is 16.6. The first-order chi connectivity index (χ1) is 6.30. The molecule has 0 amide bonds. The standard InChI is InChI=1S/C9H15NO4/c1-5-4-6(7(11)13-5)14-8(12)9(2,3)10/h5-6H,4,10H2,1-3H3. The van der Waals surface area contributed by atoms with Crippen molar-refractivity contribution in [3.63, 3.8) is 0 Å². The molecule has 0 aliphatic carbocycles. The number of carbonyl (C=O) groups excluding carboxylic acids is 2. The molecule has 1 saturated heterocycles. The van der Waals surface area contributed by atoms with Gasteiger partial charge in [0.05, 0.1) is 0 Å². The Bertz CT molecular complexity index is 256. The maximum Gasteiger partial charge on any atom is 0.347 e. The molecule has 0 aromatic heterocycles. The van der Waals surface area contributed by atoms with Gasteiger partial charge in [0.2, 0.25) is 6.10 Å². The molecule has 1 heterocycles. The van der Waals surface area contributed by atoms with E-state index in [1.54, 1.807) is 6.92 Å². The lowest BCUT2D eigenvalue weighted by Gasteiger charge is -2.18. The van der Waals surface area contributed by atoms with E-state index < -0.39 is 23.6 Å². The number of rotatable bonds is 2. The Kier molecular flexibility index (Phi) is 2.80. The molecule has 1 aliphatic rings. The van der Waals surface area contributed by atoms with Crippen molar-refractivity contribution < 1.29 is 19.1 Å². The molecule has 2 N–H and O–H groups in total. The summed E-state index contributed by atoms with van der Waals surface area (Å²) in [6.07, 6.45) is -0.581. The van der Waals surface area contributed by atoms with Gasteiger partial charge in [0.25, 0.3) is 0 Å². The Morgan fingerprint density at radius 3 is 2.57 bits per heavy atom. The molecule has 0 spiro atoms. The Hall–Kier alpha value is -1.10. The number of hydrogen-bond donors (Lipinski definition) is 1. The van der Waals surface area contributed by atoms with Gasteiger partial charge < -0.3 is 15.2 Å². The minimum absolute atomic E-state index is 0.193. The molecule has 1 fully saturated rings. The van der Waals surface area contributed by atoms with Gasteiger partial charge in [-0.05, 0) is 20.8 Å². The van der Waals surface area contributed by atoms with E-state index in [0.717, 1.165) is 0 Å². The van der Waals surface area contributed by atoms with Crippen molar-refractivity contribution in [2.75, 3.05) is 0 Å². The van der Waals surface area contributed by atoms with Crippen LogP contribution in [0.1, 0.15) is 27.2 Å². The molecule has 5 nitrogen and oxygen atoms in total. The molecule has 80 valence electrons. The molecular formula is C9H15NO4. The van der Waals surface area contributed by atoms with Gasteiger partial charge >= 0.3 is 11.9 Å². The fourth-order valence-electron chi connectivity index (χ4n) is 1.10. The largest absolute Gasteiger partial charge is 0.460 e. The summed E-state index contributed by atoms with van der Waals surface area (Å²) in [7, 11) is 0. The lowest BCUT2D eigenvalue weighted by molar-refractivity contribution is -0.163. The first-order valence-corrected chi connectivity index (χ1v) is 4.51. The minimum Gasteiger partial charge on any atom is -0.460 e. The van der Waals surface area contributed by atoms with E-state index in [2.05, 4.69) is 0 Å². The predicted molar refractivity (Wildman–Crippen MR) is 48.3 cm³/mol. The van der Waals surface area contributed by atoms with Crippen LogP contribution in [0.25, 0.3) is 0 Å². The number of carbonyl (C=O) groups is 2. The van der Waals surface area contributed by atoms with E-state index in [-0.39, 0.29) is 6.10 Å². The van der Waals surface area contributed by atoms with Crippen LogP contribution in [0.2, 0.25) is 0 Å². The smallest absolute Gasteiger partial charge is 0.347 e. The Balaban J connectivity index is 2.54. The molecule has 2 atom stereocenters. The van der Waals surface area contributed by atoms with Gasteiger partial charge in [-0.25, -0.2) is 4.79 Å². The highest BCUT2D eigenvalue weighted by Crippen LogP contribution is 2.18. The maximum atomic E-state index is 11.3. The zero-order valence-corrected chi connectivity index (χ0v) is 8.57. The molecular weight excluding hydrogens is 186 g/mol. The van der Waals surface area contributed by atoms with Crippen LogP contribution in [0.4, 0.5) is 0 Å². The summed E-state index contributed by atoms with van der Waals surface area (Å²) in [4.78, 5) is 22.4. The Morgan fingerprint density at radius 1 is 1.64 bits per heavy atom. The third-order valence-electron chi connectivity index (χ3n) is 1.90.